The number of nitrogens with zero attached hydrogens (tertiary/aromatic N) is 2. The summed E-state index contributed by atoms with van der Waals surface area (Å²) in [5.41, 5.74) is 7.46. The molecule has 16 heteroatoms. The number of ether oxygens (including phenoxy) is 2. The normalized spacial score (nSPS) is 12.6. The van der Waals surface area contributed by atoms with Crippen LogP contribution in [-0.4, -0.2) is 56.5 Å². The second-order valence-corrected chi connectivity index (χ2v) is 14.2. The summed E-state index contributed by atoms with van der Waals surface area (Å²) < 4.78 is 41.4. The van der Waals surface area contributed by atoms with Crippen LogP contribution in [0, 0.1) is 0 Å². The Bertz CT molecular complexity index is 1940. The molecule has 4 rings (SSSR count). The van der Waals surface area contributed by atoms with Gasteiger partial charge in [-0.25, -0.2) is 27.7 Å². The van der Waals surface area contributed by atoms with Crippen LogP contribution >= 0.6 is 11.3 Å². The van der Waals surface area contributed by atoms with Crippen LogP contribution in [0.2, 0.25) is 0 Å². The number of nitrogens with two attached hydrogens (primary N) is 1. The maximum atomic E-state index is 13.7. The Morgan fingerprint density at radius 3 is 2.44 bits per heavy atom. The molecule has 0 spiro atoms. The van der Waals surface area contributed by atoms with Crippen molar-refractivity contribution in [2.24, 2.45) is 10.9 Å². The molecular formula is C32H36N6O8S2. The van der Waals surface area contributed by atoms with Gasteiger partial charge in [-0.3, -0.25) is 4.79 Å². The van der Waals surface area contributed by atoms with Gasteiger partial charge in [-0.1, -0.05) is 23.4 Å². The molecule has 1 atom stereocenters. The molecule has 4 aromatic rings. The van der Waals surface area contributed by atoms with E-state index >= 15 is 0 Å². The lowest BCUT2D eigenvalue weighted by atomic mass is 10.0. The Kier molecular flexibility index (Phi) is 11.4. The summed E-state index contributed by atoms with van der Waals surface area (Å²) in [7, 11) is -2.55. The highest BCUT2D eigenvalue weighted by molar-refractivity contribution is 7.89. The smallest absolute Gasteiger partial charge is 0.408 e. The van der Waals surface area contributed by atoms with Crippen LogP contribution in [0.3, 0.4) is 0 Å². The zero-order chi connectivity index (χ0) is 35.1. The van der Waals surface area contributed by atoms with E-state index in [1.54, 1.807) is 64.3 Å². The first kappa shape index (κ1) is 35.8. The van der Waals surface area contributed by atoms with Gasteiger partial charge in [0.25, 0.3) is 0 Å². The van der Waals surface area contributed by atoms with Gasteiger partial charge < -0.3 is 30.7 Å². The maximum Gasteiger partial charge on any atom is 0.408 e. The van der Waals surface area contributed by atoms with Gasteiger partial charge in [0.2, 0.25) is 15.9 Å². The lowest BCUT2D eigenvalue weighted by Crippen LogP contribution is -2.37. The van der Waals surface area contributed by atoms with Gasteiger partial charge in [0.05, 0.1) is 28.3 Å². The molecule has 3 aromatic carbocycles. The second kappa shape index (κ2) is 15.2. The van der Waals surface area contributed by atoms with E-state index in [0.717, 1.165) is 4.70 Å². The van der Waals surface area contributed by atoms with Crippen molar-refractivity contribution in [1.29, 1.82) is 0 Å². The molecule has 254 valence electrons. The minimum absolute atomic E-state index is 0.0240. The molecule has 0 aliphatic rings. The van der Waals surface area contributed by atoms with Crippen LogP contribution in [-0.2, 0) is 35.6 Å². The number of amides is 2. The number of methoxy groups -OCH3 is 1. The minimum atomic E-state index is -4.11. The molecule has 1 aromatic heterocycles. The third-order valence-electron chi connectivity index (χ3n) is 6.38. The van der Waals surface area contributed by atoms with Crippen molar-refractivity contribution in [3.05, 3.63) is 82.9 Å². The fourth-order valence-corrected chi connectivity index (χ4v) is 6.60. The molecule has 0 saturated carbocycles. The monoisotopic (exact) mass is 696 g/mol. The summed E-state index contributed by atoms with van der Waals surface area (Å²) in [4.78, 5) is 44.6. The number of aromatic nitrogens is 1. The van der Waals surface area contributed by atoms with Crippen molar-refractivity contribution in [2.75, 3.05) is 19.0 Å². The number of oxime groups is 1. The molecule has 0 fully saturated rings. The van der Waals surface area contributed by atoms with Gasteiger partial charge in [0.15, 0.2) is 5.84 Å². The number of hydrogen-bond donors (Lipinski definition) is 4. The van der Waals surface area contributed by atoms with E-state index in [2.05, 4.69) is 25.3 Å². The van der Waals surface area contributed by atoms with E-state index in [9.17, 15) is 22.8 Å². The lowest BCUT2D eigenvalue weighted by Gasteiger charge is -2.19. The predicted molar refractivity (Wildman–Crippen MR) is 181 cm³/mol. The summed E-state index contributed by atoms with van der Waals surface area (Å²) in [6.07, 6.45) is -0.554. The fraction of sp³-hybridized carbons (Fsp3) is 0.281. The molecule has 0 aliphatic carbocycles. The van der Waals surface area contributed by atoms with Crippen molar-refractivity contribution in [3.63, 3.8) is 0 Å². The summed E-state index contributed by atoms with van der Waals surface area (Å²) in [5, 5.41) is 9.11. The van der Waals surface area contributed by atoms with Gasteiger partial charge in [-0.05, 0) is 81.3 Å². The number of amidine groups is 1. The number of alkyl carbamates (subject to hydrolysis) is 1. The Hall–Kier alpha value is -5.06. The number of nitrogens with one attached hydrogen (secondary N) is 3. The van der Waals surface area contributed by atoms with E-state index in [-0.39, 0.29) is 23.7 Å². The van der Waals surface area contributed by atoms with E-state index in [1.165, 1.54) is 42.5 Å². The first-order valence-electron chi connectivity index (χ1n) is 14.6. The van der Waals surface area contributed by atoms with Crippen molar-refractivity contribution < 1.29 is 37.1 Å². The van der Waals surface area contributed by atoms with Crippen LogP contribution < -0.4 is 25.8 Å². The van der Waals surface area contributed by atoms with Crippen molar-refractivity contribution in [2.45, 2.75) is 50.7 Å². The molecule has 5 N–H and O–H groups in total. The SMILES string of the molecule is COc1ccc2nc(C(Cc3cccc(/C(N)=N\OC(C)=O)c3)NS(=O)(=O)c3ccc(NC(=O)CNC(=O)OC(C)(C)C)cc3)sc2c1. The largest absolute Gasteiger partial charge is 0.497 e. The van der Waals surface area contributed by atoms with Crippen molar-refractivity contribution >= 4 is 61.1 Å². The molecule has 0 aliphatic heterocycles. The van der Waals surface area contributed by atoms with Crippen LogP contribution in [0.25, 0.3) is 10.2 Å². The van der Waals surface area contributed by atoms with Crippen LogP contribution in [0.15, 0.2) is 76.8 Å². The third kappa shape index (κ3) is 10.2. The van der Waals surface area contributed by atoms with Gasteiger partial charge >= 0.3 is 12.1 Å². The summed E-state index contributed by atoms with van der Waals surface area (Å²) in [5.74, 6) is -0.536. The first-order valence-corrected chi connectivity index (χ1v) is 16.9. The molecule has 0 bridgehead atoms. The zero-order valence-corrected chi connectivity index (χ0v) is 28.5. The topological polar surface area (TPSA) is 200 Å². The lowest BCUT2D eigenvalue weighted by molar-refractivity contribution is -0.140. The molecule has 48 heavy (non-hydrogen) atoms. The standard InChI is InChI=1S/C32H36N6O8S2/c1-19(39)46-37-29(33)21-8-6-7-20(15-21)16-26(30-36-25-14-11-23(44-5)17-27(25)47-30)38-48(42,43)24-12-9-22(10-13-24)35-28(40)18-34-31(41)45-32(2,3)4/h6-15,17,26,38H,16,18H2,1-5H3,(H2,33,37)(H,34,41)(H,35,40). The average Bonchev–Trinajstić information content (AvgIpc) is 3.45. The Balaban J connectivity index is 1.55. The highest BCUT2D eigenvalue weighted by atomic mass is 32.2. The van der Waals surface area contributed by atoms with Gasteiger partial charge in [-0.2, -0.15) is 0 Å². The summed E-state index contributed by atoms with van der Waals surface area (Å²) >= 11 is 1.32. The number of anilines is 1. The number of sulfonamides is 1. The summed E-state index contributed by atoms with van der Waals surface area (Å²) in [6.45, 7) is 5.97. The van der Waals surface area contributed by atoms with Crippen LogP contribution in [0.1, 0.15) is 49.9 Å². The maximum absolute atomic E-state index is 13.7. The molecule has 0 saturated heterocycles. The van der Waals surface area contributed by atoms with E-state index in [4.69, 9.17) is 20.2 Å². The molecule has 14 nitrogen and oxygen atoms in total. The highest BCUT2D eigenvalue weighted by Gasteiger charge is 2.25. The fourth-order valence-electron chi connectivity index (χ4n) is 4.28. The Labute approximate surface area is 281 Å². The number of thiazole rings is 1. The first-order chi connectivity index (χ1) is 22.6. The van der Waals surface area contributed by atoms with Gasteiger partial charge in [0, 0.05) is 18.2 Å². The molecule has 0 radical (unpaired) electrons. The number of benzene rings is 3. The quantitative estimate of drug-likeness (QED) is 0.0720. The van der Waals surface area contributed by atoms with Gasteiger partial charge in [-0.15, -0.1) is 11.3 Å². The predicted octanol–water partition coefficient (Wildman–Crippen LogP) is 4.21. The third-order valence-corrected chi connectivity index (χ3v) is 9.00. The summed E-state index contributed by atoms with van der Waals surface area (Å²) in [6, 6.07) is 17.1. The van der Waals surface area contributed by atoms with Crippen LogP contribution in [0.5, 0.6) is 5.75 Å². The molecule has 1 heterocycles. The van der Waals surface area contributed by atoms with E-state index < -0.39 is 39.6 Å². The van der Waals surface area contributed by atoms with E-state index in [1.807, 2.05) is 6.07 Å². The number of carbonyl (C=O) groups is 3. The number of hydrogen-bond acceptors (Lipinski definition) is 11. The number of fused-ring (bicyclic) bond motifs is 1. The second-order valence-electron chi connectivity index (χ2n) is 11.5. The highest BCUT2D eigenvalue weighted by Crippen LogP contribution is 2.32. The van der Waals surface area contributed by atoms with Crippen molar-refractivity contribution in [1.82, 2.24) is 15.0 Å². The molecular weight excluding hydrogens is 661 g/mol. The zero-order valence-electron chi connectivity index (χ0n) is 26.9. The van der Waals surface area contributed by atoms with Gasteiger partial charge in [0.1, 0.15) is 22.9 Å². The molecule has 2 amide bonds. The van der Waals surface area contributed by atoms with E-state index in [0.29, 0.717) is 33.1 Å². The van der Waals surface area contributed by atoms with Crippen molar-refractivity contribution in [3.8, 4) is 5.75 Å². The Morgan fingerprint density at radius 2 is 1.77 bits per heavy atom. The van der Waals surface area contributed by atoms with Crippen LogP contribution in [0.4, 0.5) is 10.5 Å². The Morgan fingerprint density at radius 1 is 1.04 bits per heavy atom. The number of carbonyl (C=O) groups excluding carboxylic acids is 3. The minimum Gasteiger partial charge on any atom is -0.497 e. The average molecular weight is 697 g/mol. The number of rotatable bonds is 12. The molecule has 1 unspecified atom stereocenters.